The van der Waals surface area contributed by atoms with E-state index >= 15 is 0 Å². The Morgan fingerprint density at radius 1 is 0.541 bits per heavy atom. The van der Waals surface area contributed by atoms with Crippen molar-refractivity contribution in [3.05, 3.63) is 148 Å². The van der Waals surface area contributed by atoms with Crippen molar-refractivity contribution in [3.8, 4) is 11.1 Å². The van der Waals surface area contributed by atoms with E-state index in [0.717, 1.165) is 21.2 Å². The van der Waals surface area contributed by atoms with Crippen molar-refractivity contribution in [1.82, 2.24) is 0 Å². The minimum atomic E-state index is -1.54. The molecule has 0 saturated heterocycles. The van der Waals surface area contributed by atoms with Gasteiger partial charge in [-0.3, -0.25) is 0 Å². The molecule has 0 atom stereocenters. The molecule has 2 nitrogen and oxygen atoms in total. The molecule has 4 heteroatoms. The predicted molar refractivity (Wildman–Crippen MR) is 156 cm³/mol. The maximum Gasteiger partial charge on any atom is 0.488 e. The van der Waals surface area contributed by atoms with Gasteiger partial charge in [0.05, 0.1) is 5.41 Å². The summed E-state index contributed by atoms with van der Waals surface area (Å²) in [5, 5.41) is 24.9. The first-order chi connectivity index (χ1) is 18.1. The molecule has 0 unspecified atom stereocenters. The maximum atomic E-state index is 10.1. The highest BCUT2D eigenvalue weighted by atomic mass is 79.9. The Morgan fingerprint density at radius 3 is 1.73 bits per heavy atom. The van der Waals surface area contributed by atoms with E-state index in [1.54, 1.807) is 0 Å². The van der Waals surface area contributed by atoms with E-state index in [1.165, 1.54) is 38.2 Å². The van der Waals surface area contributed by atoms with Crippen molar-refractivity contribution >= 4 is 50.1 Å². The molecule has 6 aromatic carbocycles. The Hall–Kier alpha value is -3.70. The maximum absolute atomic E-state index is 10.1. The Kier molecular flexibility index (Phi) is 5.12. The van der Waals surface area contributed by atoms with Gasteiger partial charge in [0.1, 0.15) is 0 Å². The molecular formula is C33H22BBrO2. The summed E-state index contributed by atoms with van der Waals surface area (Å²) in [7, 11) is -1.54. The molecule has 176 valence electrons. The molecule has 0 fully saturated rings. The third kappa shape index (κ3) is 3.13. The van der Waals surface area contributed by atoms with Crippen molar-refractivity contribution < 1.29 is 10.0 Å². The fourth-order valence-corrected chi connectivity index (χ4v) is 7.01. The third-order valence-electron chi connectivity index (χ3n) is 7.81. The quantitative estimate of drug-likeness (QED) is 0.242. The highest BCUT2D eigenvalue weighted by molar-refractivity contribution is 9.10. The predicted octanol–water partition coefficient (Wildman–Crippen LogP) is 6.80. The average Bonchev–Trinajstić information content (AvgIpc) is 3.24. The molecule has 0 amide bonds. The molecule has 0 spiro atoms. The lowest BCUT2D eigenvalue weighted by Gasteiger charge is -2.36. The van der Waals surface area contributed by atoms with Gasteiger partial charge in [0.2, 0.25) is 0 Å². The van der Waals surface area contributed by atoms with Crippen LogP contribution in [0.15, 0.2) is 126 Å². The number of rotatable bonds is 3. The first-order valence-corrected chi connectivity index (χ1v) is 13.2. The van der Waals surface area contributed by atoms with Crippen LogP contribution in [0.5, 0.6) is 0 Å². The number of fused-ring (bicyclic) bond motifs is 5. The van der Waals surface area contributed by atoms with Crippen LogP contribution in [0.25, 0.3) is 32.7 Å². The molecule has 0 saturated carbocycles. The summed E-state index contributed by atoms with van der Waals surface area (Å²) < 4.78 is 1.02. The Morgan fingerprint density at radius 2 is 1.11 bits per heavy atom. The molecule has 0 heterocycles. The fourth-order valence-electron chi connectivity index (χ4n) is 6.35. The normalized spacial score (nSPS) is 13.5. The van der Waals surface area contributed by atoms with Crippen LogP contribution in [0.1, 0.15) is 22.3 Å². The topological polar surface area (TPSA) is 40.5 Å². The van der Waals surface area contributed by atoms with Crippen molar-refractivity contribution in [3.63, 3.8) is 0 Å². The summed E-state index contributed by atoms with van der Waals surface area (Å²) in [5.74, 6) is 0. The van der Waals surface area contributed by atoms with Gasteiger partial charge in [0.15, 0.2) is 0 Å². The molecule has 0 bridgehead atoms. The lowest BCUT2D eigenvalue weighted by atomic mass is 9.65. The molecule has 37 heavy (non-hydrogen) atoms. The second-order valence-electron chi connectivity index (χ2n) is 9.64. The van der Waals surface area contributed by atoms with Gasteiger partial charge in [0, 0.05) is 4.47 Å². The molecule has 0 aromatic heterocycles. The summed E-state index contributed by atoms with van der Waals surface area (Å²) in [6.07, 6.45) is 0. The highest BCUT2D eigenvalue weighted by Crippen LogP contribution is 2.59. The number of halogens is 1. The lowest BCUT2D eigenvalue weighted by Crippen LogP contribution is -2.32. The fraction of sp³-hybridized carbons (Fsp3) is 0.0303. The van der Waals surface area contributed by atoms with E-state index in [0.29, 0.717) is 5.46 Å². The van der Waals surface area contributed by atoms with Crippen molar-refractivity contribution in [2.75, 3.05) is 0 Å². The lowest BCUT2D eigenvalue weighted by molar-refractivity contribution is 0.426. The van der Waals surface area contributed by atoms with Gasteiger partial charge < -0.3 is 10.0 Å². The van der Waals surface area contributed by atoms with Crippen LogP contribution >= 0.6 is 15.9 Å². The first kappa shape index (κ1) is 22.5. The van der Waals surface area contributed by atoms with E-state index in [2.05, 4.69) is 125 Å². The van der Waals surface area contributed by atoms with Crippen LogP contribution in [0.4, 0.5) is 0 Å². The molecule has 7 rings (SSSR count). The van der Waals surface area contributed by atoms with Crippen LogP contribution in [0, 0.1) is 0 Å². The zero-order valence-corrected chi connectivity index (χ0v) is 21.5. The molecule has 1 aliphatic rings. The second kappa shape index (κ2) is 8.42. The van der Waals surface area contributed by atoms with Gasteiger partial charge in [-0.1, -0.05) is 131 Å². The number of hydrogen-bond acceptors (Lipinski definition) is 2. The Bertz CT molecular complexity index is 1750. The van der Waals surface area contributed by atoms with Crippen LogP contribution in [-0.4, -0.2) is 17.2 Å². The van der Waals surface area contributed by atoms with E-state index in [1.807, 2.05) is 12.1 Å². The summed E-state index contributed by atoms with van der Waals surface area (Å²) in [4.78, 5) is 0. The summed E-state index contributed by atoms with van der Waals surface area (Å²) in [5.41, 5.74) is 6.66. The molecule has 6 aromatic rings. The van der Waals surface area contributed by atoms with Crippen molar-refractivity contribution in [2.45, 2.75) is 5.41 Å². The number of hydrogen-bond donors (Lipinski definition) is 2. The van der Waals surface area contributed by atoms with Crippen LogP contribution < -0.4 is 5.46 Å². The zero-order chi connectivity index (χ0) is 25.1. The highest BCUT2D eigenvalue weighted by Gasteiger charge is 2.49. The zero-order valence-electron chi connectivity index (χ0n) is 19.9. The Labute approximate surface area is 224 Å². The number of benzene rings is 6. The standard InChI is InChI=1S/C33H22BBrO2/c35-31-17-7-14-26-27-20-23(34(36)37)18-19-30(27)33(32(26)31,28-15-5-10-21-8-1-3-12-24(21)28)29-16-6-11-22-9-2-4-13-25(22)29/h1-20,36-37H. The monoisotopic (exact) mass is 540 g/mol. The van der Waals surface area contributed by atoms with Gasteiger partial charge in [-0.15, -0.1) is 0 Å². The second-order valence-corrected chi connectivity index (χ2v) is 10.5. The third-order valence-corrected chi connectivity index (χ3v) is 8.47. The van der Waals surface area contributed by atoms with E-state index in [-0.39, 0.29) is 0 Å². The minimum absolute atomic E-state index is 0.483. The van der Waals surface area contributed by atoms with E-state index in [4.69, 9.17) is 0 Å². The van der Waals surface area contributed by atoms with Gasteiger partial charge in [-0.25, -0.2) is 0 Å². The van der Waals surface area contributed by atoms with E-state index in [9.17, 15) is 10.0 Å². The summed E-state index contributed by atoms with van der Waals surface area (Å²) >= 11 is 3.95. The molecule has 2 N–H and O–H groups in total. The van der Waals surface area contributed by atoms with Crippen LogP contribution in [0.3, 0.4) is 0 Å². The van der Waals surface area contributed by atoms with Crippen LogP contribution in [-0.2, 0) is 5.41 Å². The largest absolute Gasteiger partial charge is 0.488 e. The van der Waals surface area contributed by atoms with Gasteiger partial charge in [-0.05, 0) is 66.5 Å². The summed E-state index contributed by atoms with van der Waals surface area (Å²) in [6.45, 7) is 0. The summed E-state index contributed by atoms with van der Waals surface area (Å²) in [6, 6.07) is 42.4. The van der Waals surface area contributed by atoms with Crippen LogP contribution in [0.2, 0.25) is 0 Å². The van der Waals surface area contributed by atoms with Gasteiger partial charge >= 0.3 is 7.12 Å². The average molecular weight is 541 g/mol. The minimum Gasteiger partial charge on any atom is -0.423 e. The molecule has 1 aliphatic carbocycles. The Balaban J connectivity index is 1.75. The van der Waals surface area contributed by atoms with Crippen molar-refractivity contribution in [1.29, 1.82) is 0 Å². The first-order valence-electron chi connectivity index (χ1n) is 12.4. The van der Waals surface area contributed by atoms with Crippen molar-refractivity contribution in [2.24, 2.45) is 0 Å². The van der Waals surface area contributed by atoms with E-state index < -0.39 is 12.5 Å². The molecular weight excluding hydrogens is 519 g/mol. The van der Waals surface area contributed by atoms with Gasteiger partial charge in [0.25, 0.3) is 0 Å². The molecule has 0 radical (unpaired) electrons. The molecule has 0 aliphatic heterocycles. The SMILES string of the molecule is OB(O)c1ccc2c(c1)-c1cccc(Br)c1C2(c1cccc2ccccc12)c1cccc2ccccc12. The van der Waals surface area contributed by atoms with Gasteiger partial charge in [-0.2, -0.15) is 0 Å². The smallest absolute Gasteiger partial charge is 0.423 e.